The van der Waals surface area contributed by atoms with Gasteiger partial charge in [-0.3, -0.25) is 5.10 Å². The molecule has 5 N–H and O–H groups in total. The number of hydrogen-bond donors (Lipinski definition) is 4. The minimum absolute atomic E-state index is 0.229. The second kappa shape index (κ2) is 7.21. The molecule has 0 aliphatic rings. The molecule has 0 aliphatic carbocycles. The summed E-state index contributed by atoms with van der Waals surface area (Å²) >= 11 is 5.91. The third-order valence-electron chi connectivity index (χ3n) is 4.24. The van der Waals surface area contributed by atoms with Crippen molar-refractivity contribution in [1.82, 2.24) is 10.2 Å². The number of benzene rings is 3. The normalized spacial score (nSPS) is 10.8. The highest BCUT2D eigenvalue weighted by Crippen LogP contribution is 2.33. The SMILES string of the molecule is Nc1n[nH]c2c(F)ccc(-c3ccc(NC(=O)Nc4cccc(Cl)c4)cc3)c12. The highest BCUT2D eigenvalue weighted by Gasteiger charge is 2.13. The third kappa shape index (κ3) is 3.47. The number of carbonyl (C=O) groups is 1. The lowest BCUT2D eigenvalue weighted by molar-refractivity contribution is 0.262. The largest absolute Gasteiger partial charge is 0.382 e. The summed E-state index contributed by atoms with van der Waals surface area (Å²) in [6.45, 7) is 0. The monoisotopic (exact) mass is 395 g/mol. The standard InChI is InChI=1S/C20H15ClFN5O/c21-12-2-1-3-14(10-12)25-20(28)24-13-6-4-11(5-7-13)15-8-9-16(22)18-17(15)19(23)27-26-18/h1-10H,(H3,23,26,27)(H2,24,25,28). The first-order valence-corrected chi connectivity index (χ1v) is 8.75. The molecule has 3 aromatic carbocycles. The number of urea groups is 1. The van der Waals surface area contributed by atoms with Crippen LogP contribution in [0.15, 0.2) is 60.7 Å². The summed E-state index contributed by atoms with van der Waals surface area (Å²) in [7, 11) is 0. The van der Waals surface area contributed by atoms with Crippen LogP contribution in [0, 0.1) is 5.82 Å². The second-order valence-corrected chi connectivity index (χ2v) is 6.56. The zero-order valence-corrected chi connectivity index (χ0v) is 15.2. The van der Waals surface area contributed by atoms with E-state index in [2.05, 4.69) is 20.8 Å². The number of halogens is 2. The Labute approximate surface area is 164 Å². The molecular weight excluding hydrogens is 381 g/mol. The Hall–Kier alpha value is -3.58. The van der Waals surface area contributed by atoms with Crippen LogP contribution in [0.25, 0.3) is 22.0 Å². The zero-order valence-electron chi connectivity index (χ0n) is 14.5. The number of aromatic nitrogens is 2. The molecule has 0 unspecified atom stereocenters. The van der Waals surface area contributed by atoms with Gasteiger partial charge in [0.15, 0.2) is 5.82 Å². The van der Waals surface area contributed by atoms with Crippen molar-refractivity contribution in [1.29, 1.82) is 0 Å². The Balaban J connectivity index is 1.54. The van der Waals surface area contributed by atoms with Gasteiger partial charge in [0, 0.05) is 16.4 Å². The minimum Gasteiger partial charge on any atom is -0.382 e. The Morgan fingerprint density at radius 3 is 2.54 bits per heavy atom. The van der Waals surface area contributed by atoms with Gasteiger partial charge >= 0.3 is 6.03 Å². The van der Waals surface area contributed by atoms with Crippen LogP contribution in [0.3, 0.4) is 0 Å². The first-order valence-electron chi connectivity index (χ1n) is 8.37. The molecule has 0 aliphatic heterocycles. The molecule has 0 saturated carbocycles. The van der Waals surface area contributed by atoms with Gasteiger partial charge in [-0.25, -0.2) is 9.18 Å². The summed E-state index contributed by atoms with van der Waals surface area (Å²) in [5, 5.41) is 13.0. The number of nitrogens with one attached hydrogen (secondary N) is 3. The lowest BCUT2D eigenvalue weighted by Gasteiger charge is -2.09. The Morgan fingerprint density at radius 2 is 1.79 bits per heavy atom. The van der Waals surface area contributed by atoms with E-state index in [0.717, 1.165) is 11.1 Å². The number of H-pyrrole nitrogens is 1. The summed E-state index contributed by atoms with van der Waals surface area (Å²) in [4.78, 5) is 12.1. The lowest BCUT2D eigenvalue weighted by atomic mass is 10.0. The first kappa shape index (κ1) is 17.8. The van der Waals surface area contributed by atoms with Crippen LogP contribution in [0.5, 0.6) is 0 Å². The van der Waals surface area contributed by atoms with E-state index in [0.29, 0.717) is 21.8 Å². The van der Waals surface area contributed by atoms with Crippen LogP contribution >= 0.6 is 11.6 Å². The van der Waals surface area contributed by atoms with Crippen molar-refractivity contribution in [3.63, 3.8) is 0 Å². The average molecular weight is 396 g/mol. The lowest BCUT2D eigenvalue weighted by Crippen LogP contribution is -2.19. The molecule has 0 fully saturated rings. The molecule has 140 valence electrons. The van der Waals surface area contributed by atoms with E-state index in [4.69, 9.17) is 17.3 Å². The molecule has 2 amide bonds. The van der Waals surface area contributed by atoms with Crippen molar-refractivity contribution >= 4 is 45.7 Å². The third-order valence-corrected chi connectivity index (χ3v) is 4.47. The summed E-state index contributed by atoms with van der Waals surface area (Å²) in [6, 6.07) is 16.6. The fourth-order valence-corrected chi connectivity index (χ4v) is 3.15. The number of nitrogen functional groups attached to an aromatic ring is 1. The average Bonchev–Trinajstić information content (AvgIpc) is 3.06. The molecule has 8 heteroatoms. The van der Waals surface area contributed by atoms with Crippen molar-refractivity contribution in [2.45, 2.75) is 0 Å². The van der Waals surface area contributed by atoms with Crippen LogP contribution < -0.4 is 16.4 Å². The van der Waals surface area contributed by atoms with Crippen molar-refractivity contribution in [2.75, 3.05) is 16.4 Å². The van der Waals surface area contributed by atoms with E-state index >= 15 is 0 Å². The predicted molar refractivity (Wildman–Crippen MR) is 110 cm³/mol. The number of carbonyl (C=O) groups excluding carboxylic acids is 1. The molecule has 0 atom stereocenters. The van der Waals surface area contributed by atoms with E-state index in [1.54, 1.807) is 42.5 Å². The molecule has 6 nitrogen and oxygen atoms in total. The smallest absolute Gasteiger partial charge is 0.323 e. The Kier molecular flexibility index (Phi) is 4.58. The zero-order chi connectivity index (χ0) is 19.7. The number of rotatable bonds is 3. The van der Waals surface area contributed by atoms with Crippen molar-refractivity contribution in [3.05, 3.63) is 71.5 Å². The van der Waals surface area contributed by atoms with Gasteiger partial charge in [-0.05, 0) is 47.5 Å². The van der Waals surface area contributed by atoms with E-state index in [-0.39, 0.29) is 11.3 Å². The maximum atomic E-state index is 13.9. The number of aromatic amines is 1. The van der Waals surface area contributed by atoms with Crippen molar-refractivity contribution in [3.8, 4) is 11.1 Å². The van der Waals surface area contributed by atoms with E-state index < -0.39 is 11.8 Å². The molecule has 4 rings (SSSR count). The molecular formula is C20H15ClFN5O. The van der Waals surface area contributed by atoms with Crippen LogP contribution in [0.4, 0.5) is 26.4 Å². The van der Waals surface area contributed by atoms with Crippen LogP contribution in [0.2, 0.25) is 5.02 Å². The van der Waals surface area contributed by atoms with Gasteiger partial charge in [0.1, 0.15) is 11.3 Å². The fraction of sp³-hybridized carbons (Fsp3) is 0. The Morgan fingerprint density at radius 1 is 1.04 bits per heavy atom. The quantitative estimate of drug-likeness (QED) is 0.381. The van der Waals surface area contributed by atoms with Gasteiger partial charge in [-0.15, -0.1) is 0 Å². The number of fused-ring (bicyclic) bond motifs is 1. The number of hydrogen-bond acceptors (Lipinski definition) is 3. The van der Waals surface area contributed by atoms with Gasteiger partial charge in [-0.1, -0.05) is 35.9 Å². The van der Waals surface area contributed by atoms with Gasteiger partial charge in [0.05, 0.1) is 5.39 Å². The maximum absolute atomic E-state index is 13.9. The maximum Gasteiger partial charge on any atom is 0.323 e. The summed E-state index contributed by atoms with van der Waals surface area (Å²) in [5.74, 6) is -0.188. The van der Waals surface area contributed by atoms with E-state index in [1.165, 1.54) is 6.07 Å². The number of nitrogens with two attached hydrogens (primary N) is 1. The van der Waals surface area contributed by atoms with Gasteiger partial charge in [0.25, 0.3) is 0 Å². The van der Waals surface area contributed by atoms with Crippen LogP contribution in [-0.4, -0.2) is 16.2 Å². The van der Waals surface area contributed by atoms with Crippen LogP contribution in [-0.2, 0) is 0 Å². The van der Waals surface area contributed by atoms with Crippen LogP contribution in [0.1, 0.15) is 0 Å². The molecule has 0 spiro atoms. The number of anilines is 3. The number of nitrogens with zero attached hydrogens (tertiary/aromatic N) is 1. The molecule has 0 bridgehead atoms. The predicted octanol–water partition coefficient (Wildman–Crippen LogP) is 5.25. The minimum atomic E-state index is -0.418. The summed E-state index contributed by atoms with van der Waals surface area (Å²) in [6.07, 6.45) is 0. The van der Waals surface area contributed by atoms with Gasteiger partial charge in [-0.2, -0.15) is 5.10 Å². The van der Waals surface area contributed by atoms with Gasteiger partial charge in [0.2, 0.25) is 0 Å². The topological polar surface area (TPSA) is 95.8 Å². The molecule has 28 heavy (non-hydrogen) atoms. The van der Waals surface area contributed by atoms with Crippen molar-refractivity contribution in [2.24, 2.45) is 0 Å². The van der Waals surface area contributed by atoms with E-state index in [1.807, 2.05) is 12.1 Å². The Bertz CT molecular complexity index is 1170. The van der Waals surface area contributed by atoms with Crippen molar-refractivity contribution < 1.29 is 9.18 Å². The molecule has 4 aromatic rings. The number of amides is 2. The molecule has 1 aromatic heterocycles. The fourth-order valence-electron chi connectivity index (χ4n) is 2.96. The summed E-state index contributed by atoms with van der Waals surface area (Å²) in [5.41, 5.74) is 8.90. The highest BCUT2D eigenvalue weighted by molar-refractivity contribution is 6.30. The second-order valence-electron chi connectivity index (χ2n) is 6.12. The molecule has 0 radical (unpaired) electrons. The summed E-state index contributed by atoms with van der Waals surface area (Å²) < 4.78 is 13.9. The van der Waals surface area contributed by atoms with Gasteiger partial charge < -0.3 is 16.4 Å². The molecule has 0 saturated heterocycles. The van der Waals surface area contributed by atoms with E-state index in [9.17, 15) is 9.18 Å². The first-order chi connectivity index (χ1) is 13.5. The highest BCUT2D eigenvalue weighted by atomic mass is 35.5. The molecule has 1 heterocycles.